The monoisotopic (exact) mass is 277 g/mol. The predicted molar refractivity (Wildman–Crippen MR) is 70.5 cm³/mol. The fourth-order valence-corrected chi connectivity index (χ4v) is 2.73. The van der Waals surface area contributed by atoms with Gasteiger partial charge in [0.1, 0.15) is 0 Å². The molecule has 1 N–H and O–H groups in total. The molecule has 1 saturated carbocycles. The Labute approximate surface area is 115 Å². The molecule has 1 aliphatic carbocycles. The Morgan fingerprint density at radius 2 is 1.90 bits per heavy atom. The van der Waals surface area contributed by atoms with E-state index < -0.39 is 16.8 Å². The van der Waals surface area contributed by atoms with E-state index in [9.17, 15) is 19.7 Å². The van der Waals surface area contributed by atoms with Gasteiger partial charge in [0.25, 0.3) is 5.69 Å². The number of nitrogens with zero attached hydrogens (tertiary/aromatic N) is 1. The summed E-state index contributed by atoms with van der Waals surface area (Å²) in [5.74, 6) is -1.57. The Bertz CT molecular complexity index is 537. The fraction of sp³-hybridized carbons (Fsp3) is 0.429. The Morgan fingerprint density at radius 3 is 2.45 bits per heavy atom. The highest BCUT2D eigenvalue weighted by Gasteiger charge is 2.34. The zero-order valence-electron chi connectivity index (χ0n) is 10.8. The van der Waals surface area contributed by atoms with Gasteiger partial charge in [-0.25, -0.2) is 0 Å². The Morgan fingerprint density at radius 1 is 1.25 bits per heavy atom. The molecule has 1 aromatic rings. The number of carboxylic acid groups (broad SMARTS) is 1. The van der Waals surface area contributed by atoms with Crippen LogP contribution in [-0.4, -0.2) is 21.8 Å². The molecule has 0 radical (unpaired) electrons. The van der Waals surface area contributed by atoms with E-state index in [4.69, 9.17) is 5.11 Å². The summed E-state index contributed by atoms with van der Waals surface area (Å²) >= 11 is 0. The van der Waals surface area contributed by atoms with Crippen LogP contribution >= 0.6 is 0 Å². The molecule has 2 rings (SSSR count). The highest BCUT2D eigenvalue weighted by atomic mass is 16.6. The quantitative estimate of drug-likeness (QED) is 0.507. The summed E-state index contributed by atoms with van der Waals surface area (Å²) in [4.78, 5) is 33.2. The maximum atomic E-state index is 12.1. The van der Waals surface area contributed by atoms with Crippen LogP contribution in [0.4, 0.5) is 5.69 Å². The molecule has 0 heterocycles. The smallest absolute Gasteiger partial charge is 0.306 e. The minimum atomic E-state index is -0.844. The summed E-state index contributed by atoms with van der Waals surface area (Å²) in [6.07, 6.45) is 2.38. The van der Waals surface area contributed by atoms with Gasteiger partial charge in [0.2, 0.25) is 0 Å². The Balaban J connectivity index is 2.04. The van der Waals surface area contributed by atoms with E-state index in [1.807, 2.05) is 0 Å². The summed E-state index contributed by atoms with van der Waals surface area (Å²) in [5, 5.41) is 19.6. The molecule has 1 aliphatic rings. The van der Waals surface area contributed by atoms with E-state index in [0.29, 0.717) is 12.0 Å². The van der Waals surface area contributed by atoms with E-state index in [0.717, 1.165) is 12.8 Å². The molecule has 0 spiro atoms. The van der Waals surface area contributed by atoms with Gasteiger partial charge < -0.3 is 5.11 Å². The number of aliphatic carboxylic acids is 1. The average molecular weight is 277 g/mol. The second-order valence-corrected chi connectivity index (χ2v) is 5.07. The molecule has 0 bridgehead atoms. The number of Topliss-reactive ketones (excluding diaryl/α,β-unsaturated/α-hetero) is 1. The summed E-state index contributed by atoms with van der Waals surface area (Å²) < 4.78 is 0. The van der Waals surface area contributed by atoms with E-state index in [-0.39, 0.29) is 23.8 Å². The molecule has 106 valence electrons. The summed E-state index contributed by atoms with van der Waals surface area (Å²) in [6, 6.07) is 5.42. The molecule has 0 amide bonds. The number of nitro groups is 1. The van der Waals surface area contributed by atoms with Gasteiger partial charge in [-0.05, 0) is 30.9 Å². The zero-order chi connectivity index (χ0) is 14.7. The molecule has 0 saturated heterocycles. The van der Waals surface area contributed by atoms with Crippen LogP contribution in [0.3, 0.4) is 0 Å². The van der Waals surface area contributed by atoms with Crippen molar-refractivity contribution >= 4 is 17.4 Å². The van der Waals surface area contributed by atoms with E-state index in [1.54, 1.807) is 0 Å². The molecule has 2 unspecified atom stereocenters. The summed E-state index contributed by atoms with van der Waals surface area (Å²) in [6.45, 7) is 0. The molecule has 6 nitrogen and oxygen atoms in total. The molecule has 20 heavy (non-hydrogen) atoms. The van der Waals surface area contributed by atoms with Gasteiger partial charge in [0.15, 0.2) is 5.78 Å². The van der Waals surface area contributed by atoms with Crippen LogP contribution in [0.5, 0.6) is 0 Å². The van der Waals surface area contributed by atoms with Gasteiger partial charge in [-0.1, -0.05) is 6.42 Å². The number of carbonyl (C=O) groups is 2. The molecule has 1 aromatic carbocycles. The van der Waals surface area contributed by atoms with Crippen LogP contribution in [0.1, 0.15) is 36.0 Å². The van der Waals surface area contributed by atoms with Crippen molar-refractivity contribution in [3.05, 3.63) is 39.9 Å². The van der Waals surface area contributed by atoms with E-state index in [2.05, 4.69) is 0 Å². The number of ketones is 1. The van der Waals surface area contributed by atoms with Crippen LogP contribution in [0.25, 0.3) is 0 Å². The maximum absolute atomic E-state index is 12.1. The number of carboxylic acids is 1. The molecular formula is C14H15NO5. The normalized spacial score (nSPS) is 21.6. The van der Waals surface area contributed by atoms with Crippen LogP contribution in [-0.2, 0) is 4.79 Å². The number of hydrogen-bond donors (Lipinski definition) is 1. The lowest BCUT2D eigenvalue weighted by atomic mass is 9.89. The first-order valence-electron chi connectivity index (χ1n) is 6.49. The molecule has 0 aromatic heterocycles. The zero-order valence-corrected chi connectivity index (χ0v) is 10.8. The van der Waals surface area contributed by atoms with Crippen molar-refractivity contribution in [3.8, 4) is 0 Å². The lowest BCUT2D eigenvalue weighted by Crippen LogP contribution is -2.20. The van der Waals surface area contributed by atoms with E-state index in [1.165, 1.54) is 24.3 Å². The Kier molecular flexibility index (Phi) is 4.12. The van der Waals surface area contributed by atoms with Gasteiger partial charge in [0, 0.05) is 24.1 Å². The van der Waals surface area contributed by atoms with Gasteiger partial charge >= 0.3 is 5.97 Å². The lowest BCUT2D eigenvalue weighted by Gasteiger charge is -2.14. The number of rotatable bonds is 5. The predicted octanol–water partition coefficient (Wildman–Crippen LogP) is 2.67. The van der Waals surface area contributed by atoms with Crippen molar-refractivity contribution in [2.24, 2.45) is 11.8 Å². The largest absolute Gasteiger partial charge is 0.481 e. The average Bonchev–Trinajstić information content (AvgIpc) is 2.87. The van der Waals surface area contributed by atoms with Crippen LogP contribution < -0.4 is 0 Å². The third-order valence-electron chi connectivity index (χ3n) is 3.82. The third kappa shape index (κ3) is 3.01. The first-order valence-corrected chi connectivity index (χ1v) is 6.49. The minimum Gasteiger partial charge on any atom is -0.481 e. The molecule has 2 atom stereocenters. The number of carbonyl (C=O) groups excluding carboxylic acids is 1. The molecule has 1 fully saturated rings. The first kappa shape index (κ1) is 14.2. The van der Waals surface area contributed by atoms with Gasteiger partial charge in [-0.2, -0.15) is 0 Å². The lowest BCUT2D eigenvalue weighted by molar-refractivity contribution is -0.384. The SMILES string of the molecule is O=C(CC1CCCC1C(=O)O)c1ccc([N+](=O)[O-])cc1. The summed E-state index contributed by atoms with van der Waals surface area (Å²) in [5.41, 5.74) is 0.331. The van der Waals surface area contributed by atoms with Crippen LogP contribution in [0.2, 0.25) is 0 Å². The molecular weight excluding hydrogens is 262 g/mol. The highest BCUT2D eigenvalue weighted by molar-refractivity contribution is 5.96. The minimum absolute atomic E-state index is 0.0640. The fourth-order valence-electron chi connectivity index (χ4n) is 2.73. The van der Waals surface area contributed by atoms with Crippen molar-refractivity contribution in [1.82, 2.24) is 0 Å². The van der Waals surface area contributed by atoms with Crippen molar-refractivity contribution in [2.75, 3.05) is 0 Å². The number of nitro benzene ring substituents is 1. The number of non-ortho nitro benzene ring substituents is 1. The molecule has 0 aliphatic heterocycles. The molecule has 6 heteroatoms. The maximum Gasteiger partial charge on any atom is 0.306 e. The van der Waals surface area contributed by atoms with Gasteiger partial charge in [-0.15, -0.1) is 0 Å². The number of hydrogen-bond acceptors (Lipinski definition) is 4. The van der Waals surface area contributed by atoms with Gasteiger partial charge in [-0.3, -0.25) is 19.7 Å². The number of benzene rings is 1. The van der Waals surface area contributed by atoms with Gasteiger partial charge in [0.05, 0.1) is 10.8 Å². The summed E-state index contributed by atoms with van der Waals surface area (Å²) in [7, 11) is 0. The topological polar surface area (TPSA) is 97.5 Å². The Hall–Kier alpha value is -2.24. The first-order chi connectivity index (χ1) is 9.49. The van der Waals surface area contributed by atoms with Crippen molar-refractivity contribution in [1.29, 1.82) is 0 Å². The van der Waals surface area contributed by atoms with Crippen LogP contribution in [0, 0.1) is 22.0 Å². The van der Waals surface area contributed by atoms with Crippen molar-refractivity contribution < 1.29 is 19.6 Å². The standard InChI is InChI=1S/C14H15NO5/c16-13(8-10-2-1-3-12(10)14(17)18)9-4-6-11(7-5-9)15(19)20/h4-7,10,12H,1-3,8H2,(H,17,18). The van der Waals surface area contributed by atoms with Crippen molar-refractivity contribution in [2.45, 2.75) is 25.7 Å². The second kappa shape index (κ2) is 5.81. The highest BCUT2D eigenvalue weighted by Crippen LogP contribution is 2.35. The van der Waals surface area contributed by atoms with E-state index >= 15 is 0 Å². The van der Waals surface area contributed by atoms with Crippen molar-refractivity contribution in [3.63, 3.8) is 0 Å². The second-order valence-electron chi connectivity index (χ2n) is 5.07. The van der Waals surface area contributed by atoms with Crippen LogP contribution in [0.15, 0.2) is 24.3 Å². The third-order valence-corrected chi connectivity index (χ3v) is 3.82.